The number of carbonyl (C=O) groups is 4. The lowest BCUT2D eigenvalue weighted by atomic mass is 9.95. The van der Waals surface area contributed by atoms with Crippen LogP contribution in [0.15, 0.2) is 24.3 Å². The van der Waals surface area contributed by atoms with Crippen LogP contribution in [-0.2, 0) is 23.9 Å². The third kappa shape index (κ3) is 9.26. The molecule has 3 unspecified atom stereocenters. The molecule has 1 aromatic carbocycles. The van der Waals surface area contributed by atoms with E-state index in [0.717, 1.165) is 12.8 Å². The lowest BCUT2D eigenvalue weighted by molar-refractivity contribution is -0.145. The van der Waals surface area contributed by atoms with Gasteiger partial charge in [0.05, 0.1) is 13.0 Å². The minimum atomic E-state index is -1.02. The van der Waals surface area contributed by atoms with Gasteiger partial charge in [-0.3, -0.25) is 14.4 Å². The van der Waals surface area contributed by atoms with Crippen LogP contribution in [0, 0.1) is 5.92 Å². The fourth-order valence-corrected chi connectivity index (χ4v) is 3.86. The van der Waals surface area contributed by atoms with Gasteiger partial charge >= 0.3 is 12.1 Å². The highest BCUT2D eigenvalue weighted by molar-refractivity contribution is 5.93. The van der Waals surface area contributed by atoms with Gasteiger partial charge < -0.3 is 30.1 Å². The number of phenols is 1. The molecule has 206 valence electrons. The lowest BCUT2D eigenvalue weighted by Gasteiger charge is -2.36. The van der Waals surface area contributed by atoms with Crippen molar-refractivity contribution in [1.82, 2.24) is 15.5 Å². The molecular formula is C27H41N3O7. The number of benzene rings is 1. The maximum Gasteiger partial charge on any atom is 0.408 e. The molecule has 0 spiro atoms. The molecule has 0 radical (unpaired) electrons. The van der Waals surface area contributed by atoms with Crippen LogP contribution in [0.2, 0.25) is 0 Å². The van der Waals surface area contributed by atoms with Crippen LogP contribution in [0.5, 0.6) is 5.75 Å². The van der Waals surface area contributed by atoms with Crippen molar-refractivity contribution >= 4 is 23.9 Å². The summed E-state index contributed by atoms with van der Waals surface area (Å²) in [5.41, 5.74) is -0.233. The van der Waals surface area contributed by atoms with Crippen LogP contribution in [0.25, 0.3) is 0 Å². The van der Waals surface area contributed by atoms with Crippen molar-refractivity contribution in [2.75, 3.05) is 13.2 Å². The predicted molar refractivity (Wildman–Crippen MR) is 138 cm³/mol. The molecule has 3 N–H and O–H groups in total. The van der Waals surface area contributed by atoms with Gasteiger partial charge in [0.15, 0.2) is 0 Å². The van der Waals surface area contributed by atoms with E-state index < -0.39 is 35.7 Å². The van der Waals surface area contributed by atoms with Crippen LogP contribution in [-0.4, -0.2) is 64.7 Å². The highest BCUT2D eigenvalue weighted by Crippen LogP contribution is 2.36. The molecule has 37 heavy (non-hydrogen) atoms. The largest absolute Gasteiger partial charge is 0.508 e. The number of amides is 3. The molecular weight excluding hydrogens is 478 g/mol. The molecule has 3 atom stereocenters. The van der Waals surface area contributed by atoms with Gasteiger partial charge in [-0.2, -0.15) is 0 Å². The first-order valence-electron chi connectivity index (χ1n) is 12.9. The van der Waals surface area contributed by atoms with Crippen LogP contribution >= 0.6 is 0 Å². The molecule has 0 heterocycles. The molecule has 1 saturated carbocycles. The Morgan fingerprint density at radius 1 is 1.11 bits per heavy atom. The smallest absolute Gasteiger partial charge is 0.408 e. The molecule has 0 bridgehead atoms. The Hall–Kier alpha value is -3.30. The van der Waals surface area contributed by atoms with Gasteiger partial charge in [0, 0.05) is 12.6 Å². The topological polar surface area (TPSA) is 134 Å². The van der Waals surface area contributed by atoms with Crippen molar-refractivity contribution in [3.8, 4) is 5.75 Å². The van der Waals surface area contributed by atoms with Gasteiger partial charge in [0.25, 0.3) is 0 Å². The monoisotopic (exact) mass is 519 g/mol. The minimum Gasteiger partial charge on any atom is -0.508 e. The van der Waals surface area contributed by atoms with E-state index in [1.165, 1.54) is 17.0 Å². The first-order valence-corrected chi connectivity index (χ1v) is 12.9. The molecule has 0 saturated heterocycles. The van der Waals surface area contributed by atoms with E-state index in [2.05, 4.69) is 10.6 Å². The SMILES string of the molecule is CCOC(=O)CCNC(=O)C(c1ccc(O)cc1)N(C(=O)C(NC(=O)OC(C)(C)C)C(C)CC)C1CC1. The second-order valence-electron chi connectivity index (χ2n) is 10.3. The average molecular weight is 520 g/mol. The van der Waals surface area contributed by atoms with Gasteiger partial charge in [0.1, 0.15) is 23.4 Å². The van der Waals surface area contributed by atoms with Gasteiger partial charge in [-0.1, -0.05) is 32.4 Å². The van der Waals surface area contributed by atoms with Crippen LogP contribution < -0.4 is 10.6 Å². The molecule has 1 aliphatic rings. The first kappa shape index (κ1) is 29.9. The zero-order chi connectivity index (χ0) is 27.8. The molecule has 1 fully saturated rings. The summed E-state index contributed by atoms with van der Waals surface area (Å²) in [7, 11) is 0. The lowest BCUT2D eigenvalue weighted by Crippen LogP contribution is -2.56. The van der Waals surface area contributed by atoms with Crippen molar-refractivity contribution in [2.24, 2.45) is 5.92 Å². The van der Waals surface area contributed by atoms with Crippen LogP contribution in [0.3, 0.4) is 0 Å². The van der Waals surface area contributed by atoms with E-state index >= 15 is 0 Å². The fraction of sp³-hybridized carbons (Fsp3) is 0.630. The molecule has 1 aromatic rings. The number of hydrogen-bond acceptors (Lipinski definition) is 7. The van der Waals surface area contributed by atoms with Gasteiger partial charge in [-0.25, -0.2) is 4.79 Å². The number of alkyl carbamates (subject to hydrolysis) is 1. The number of nitrogens with zero attached hydrogens (tertiary/aromatic N) is 1. The van der Waals surface area contributed by atoms with Crippen LogP contribution in [0.4, 0.5) is 4.79 Å². The summed E-state index contributed by atoms with van der Waals surface area (Å²) >= 11 is 0. The van der Waals surface area contributed by atoms with Gasteiger partial charge in [-0.05, 0) is 64.2 Å². The number of hydrogen-bond donors (Lipinski definition) is 3. The minimum absolute atomic E-state index is 0.00501. The quantitative estimate of drug-likeness (QED) is 0.360. The number of nitrogens with one attached hydrogen (secondary N) is 2. The van der Waals surface area contributed by atoms with E-state index in [-0.39, 0.29) is 43.2 Å². The Kier molecular flexibility index (Phi) is 10.8. The van der Waals surface area contributed by atoms with Crippen molar-refractivity contribution in [3.05, 3.63) is 29.8 Å². The standard InChI is InChI=1S/C27H41N3O7/c1-7-17(3)22(29-26(35)37-27(4,5)6)25(34)30(19-11-12-19)23(18-9-13-20(31)14-10-18)24(33)28-16-15-21(32)36-8-2/h9-10,13-14,17,19,22-23,31H,7-8,11-12,15-16H2,1-6H3,(H,28,33)(H,29,35). The fourth-order valence-electron chi connectivity index (χ4n) is 3.86. The average Bonchev–Trinajstić information content (AvgIpc) is 3.65. The van der Waals surface area contributed by atoms with Crippen molar-refractivity contribution < 1.29 is 33.8 Å². The van der Waals surface area contributed by atoms with Crippen molar-refractivity contribution in [3.63, 3.8) is 0 Å². The maximum absolute atomic E-state index is 14.0. The zero-order valence-corrected chi connectivity index (χ0v) is 22.7. The van der Waals surface area contributed by atoms with Gasteiger partial charge in [0.2, 0.25) is 11.8 Å². The van der Waals surface area contributed by atoms with E-state index in [9.17, 15) is 24.3 Å². The summed E-state index contributed by atoms with van der Waals surface area (Å²) in [5, 5.41) is 15.3. The number of carbonyl (C=O) groups excluding carboxylic acids is 4. The molecule has 10 nitrogen and oxygen atoms in total. The summed E-state index contributed by atoms with van der Waals surface area (Å²) in [6.45, 7) is 11.0. The third-order valence-corrected chi connectivity index (χ3v) is 6.02. The first-order chi connectivity index (χ1) is 17.4. The predicted octanol–water partition coefficient (Wildman–Crippen LogP) is 3.43. The molecule has 2 rings (SSSR count). The number of esters is 1. The second-order valence-corrected chi connectivity index (χ2v) is 10.3. The molecule has 10 heteroatoms. The van der Waals surface area contributed by atoms with E-state index in [1.54, 1.807) is 39.8 Å². The van der Waals surface area contributed by atoms with E-state index in [1.807, 2.05) is 13.8 Å². The van der Waals surface area contributed by atoms with Crippen LogP contribution in [0.1, 0.15) is 78.8 Å². The van der Waals surface area contributed by atoms with Crippen molar-refractivity contribution in [2.45, 2.75) is 91.0 Å². The summed E-state index contributed by atoms with van der Waals surface area (Å²) in [6, 6.07) is 3.97. The normalized spacial score (nSPS) is 15.6. The molecule has 0 aromatic heterocycles. The Bertz CT molecular complexity index is 938. The Balaban J connectivity index is 2.37. The third-order valence-electron chi connectivity index (χ3n) is 6.02. The maximum atomic E-state index is 14.0. The Morgan fingerprint density at radius 3 is 2.24 bits per heavy atom. The second kappa shape index (κ2) is 13.3. The summed E-state index contributed by atoms with van der Waals surface area (Å²) in [6.07, 6.45) is 1.34. The summed E-state index contributed by atoms with van der Waals surface area (Å²) < 4.78 is 10.3. The molecule has 0 aliphatic heterocycles. The molecule has 1 aliphatic carbocycles. The van der Waals surface area contributed by atoms with E-state index in [0.29, 0.717) is 12.0 Å². The Morgan fingerprint density at radius 2 is 1.73 bits per heavy atom. The summed E-state index contributed by atoms with van der Waals surface area (Å²) in [5.74, 6) is -1.48. The number of ether oxygens (including phenoxy) is 2. The Labute approximate surface area is 219 Å². The van der Waals surface area contributed by atoms with Gasteiger partial charge in [-0.15, -0.1) is 0 Å². The number of aromatic hydroxyl groups is 1. The summed E-state index contributed by atoms with van der Waals surface area (Å²) in [4.78, 5) is 53.4. The van der Waals surface area contributed by atoms with E-state index in [4.69, 9.17) is 9.47 Å². The zero-order valence-electron chi connectivity index (χ0n) is 22.7. The highest BCUT2D eigenvalue weighted by atomic mass is 16.6. The number of phenolic OH excluding ortho intramolecular Hbond substituents is 1. The highest BCUT2D eigenvalue weighted by Gasteiger charge is 2.45. The number of rotatable bonds is 12. The molecule has 3 amide bonds. The van der Waals surface area contributed by atoms with Crippen molar-refractivity contribution in [1.29, 1.82) is 0 Å².